The lowest BCUT2D eigenvalue weighted by atomic mass is 9.98. The Morgan fingerprint density at radius 3 is 2.74 bits per heavy atom. The zero-order valence-corrected chi connectivity index (χ0v) is 15.6. The zero-order valence-electron chi connectivity index (χ0n) is 14.1. The van der Waals surface area contributed by atoms with Crippen LogP contribution >= 0.6 is 22.9 Å². The SMILES string of the molecule is CO/N=C(\C(=O)NC1C(=O)NC1C(=O)NOC)c1csc(NC(=O)CCl)n1. The lowest BCUT2D eigenvalue weighted by Gasteiger charge is -2.35. The van der Waals surface area contributed by atoms with Gasteiger partial charge in [0, 0.05) is 5.38 Å². The number of halogens is 1. The Kier molecular flexibility index (Phi) is 7.04. The van der Waals surface area contributed by atoms with E-state index < -0.39 is 35.7 Å². The predicted octanol–water partition coefficient (Wildman–Crippen LogP) is -1.67. The number of hydrogen-bond donors (Lipinski definition) is 4. The van der Waals surface area contributed by atoms with Gasteiger partial charge >= 0.3 is 0 Å². The summed E-state index contributed by atoms with van der Waals surface area (Å²) >= 11 is 6.44. The molecular weight excluding hydrogens is 404 g/mol. The highest BCUT2D eigenvalue weighted by molar-refractivity contribution is 7.14. The Bertz CT molecular complexity index is 783. The molecule has 0 saturated carbocycles. The molecule has 4 amide bonds. The number of carbonyl (C=O) groups is 4. The number of hydrogen-bond acceptors (Lipinski definition) is 9. The summed E-state index contributed by atoms with van der Waals surface area (Å²) in [4.78, 5) is 60.4. The maximum Gasteiger partial charge on any atom is 0.276 e. The molecule has 2 atom stereocenters. The topological polar surface area (TPSA) is 160 Å². The fraction of sp³-hybridized carbons (Fsp3) is 0.385. The molecule has 1 aliphatic rings. The first-order valence-corrected chi connectivity index (χ1v) is 8.69. The van der Waals surface area contributed by atoms with Gasteiger partial charge in [0.25, 0.3) is 11.8 Å². The van der Waals surface area contributed by atoms with Crippen molar-refractivity contribution in [1.82, 2.24) is 21.1 Å². The first-order valence-electron chi connectivity index (χ1n) is 7.28. The molecule has 1 aliphatic heterocycles. The summed E-state index contributed by atoms with van der Waals surface area (Å²) in [6, 6.07) is -2.12. The molecular formula is C13H15ClN6O6S. The van der Waals surface area contributed by atoms with E-state index >= 15 is 0 Å². The van der Waals surface area contributed by atoms with Crippen molar-refractivity contribution in [3.8, 4) is 0 Å². The molecule has 0 bridgehead atoms. The van der Waals surface area contributed by atoms with E-state index in [9.17, 15) is 19.2 Å². The van der Waals surface area contributed by atoms with Crippen LogP contribution in [0.5, 0.6) is 0 Å². The number of aromatic nitrogens is 1. The number of alkyl halides is 1. The quantitative estimate of drug-likeness (QED) is 0.170. The molecule has 0 spiro atoms. The Hall–Kier alpha value is -2.77. The van der Waals surface area contributed by atoms with Gasteiger partial charge in [-0.3, -0.25) is 24.0 Å². The molecule has 1 fully saturated rings. The van der Waals surface area contributed by atoms with Crippen LogP contribution in [0.15, 0.2) is 10.5 Å². The second-order valence-electron chi connectivity index (χ2n) is 4.95. The number of oxime groups is 1. The van der Waals surface area contributed by atoms with Crippen LogP contribution in [0, 0.1) is 0 Å². The van der Waals surface area contributed by atoms with E-state index in [4.69, 9.17) is 11.6 Å². The minimum Gasteiger partial charge on any atom is -0.398 e. The first kappa shape index (κ1) is 20.5. The molecule has 12 nitrogen and oxygen atoms in total. The molecule has 1 saturated heterocycles. The molecule has 0 aromatic carbocycles. The number of amides is 4. The Morgan fingerprint density at radius 2 is 2.15 bits per heavy atom. The monoisotopic (exact) mass is 418 g/mol. The summed E-state index contributed by atoms with van der Waals surface area (Å²) in [5, 5.41) is 12.4. The smallest absolute Gasteiger partial charge is 0.276 e. The highest BCUT2D eigenvalue weighted by Gasteiger charge is 2.45. The summed E-state index contributed by atoms with van der Waals surface area (Å²) in [6.45, 7) is 0. The third kappa shape index (κ3) is 4.90. The second kappa shape index (κ2) is 9.25. The van der Waals surface area contributed by atoms with Crippen LogP contribution in [-0.4, -0.2) is 66.5 Å². The molecule has 14 heteroatoms. The Labute approximate surface area is 161 Å². The van der Waals surface area contributed by atoms with Crippen molar-refractivity contribution in [2.24, 2.45) is 5.16 Å². The first-order chi connectivity index (χ1) is 12.9. The Balaban J connectivity index is 2.11. The van der Waals surface area contributed by atoms with Crippen LogP contribution in [0.4, 0.5) is 5.13 Å². The van der Waals surface area contributed by atoms with Crippen molar-refractivity contribution < 1.29 is 28.9 Å². The lowest BCUT2D eigenvalue weighted by Crippen LogP contribution is -2.73. The summed E-state index contributed by atoms with van der Waals surface area (Å²) in [5.41, 5.74) is 1.92. The third-order valence-electron chi connectivity index (χ3n) is 3.20. The van der Waals surface area contributed by atoms with E-state index in [2.05, 4.69) is 41.2 Å². The molecule has 2 rings (SSSR count). The van der Waals surface area contributed by atoms with Gasteiger partial charge in [-0.15, -0.1) is 22.9 Å². The van der Waals surface area contributed by atoms with Crippen molar-refractivity contribution in [3.05, 3.63) is 11.1 Å². The van der Waals surface area contributed by atoms with Crippen molar-refractivity contribution in [3.63, 3.8) is 0 Å². The molecule has 2 heterocycles. The van der Waals surface area contributed by atoms with Crippen molar-refractivity contribution >= 4 is 57.4 Å². The summed E-state index contributed by atoms with van der Waals surface area (Å²) in [6.07, 6.45) is 0. The number of thiazole rings is 1. The van der Waals surface area contributed by atoms with Gasteiger partial charge in [0.05, 0.1) is 7.11 Å². The van der Waals surface area contributed by atoms with Crippen LogP contribution in [-0.2, 0) is 28.9 Å². The highest BCUT2D eigenvalue weighted by atomic mass is 35.5. The Morgan fingerprint density at radius 1 is 1.41 bits per heavy atom. The highest BCUT2D eigenvalue weighted by Crippen LogP contribution is 2.17. The standard InChI is InChI=1S/C13H15ClN6O6S/c1-25-19-7(5-4-27-13(15-5)16-6(21)3-14)10(22)17-8-9(18-11(8)23)12(24)20-26-2/h4,8-9H,3H2,1-2H3,(H,17,22)(H,18,23)(H,20,24)(H,15,16,21)/b19-7-. The number of nitrogens with one attached hydrogen (secondary N) is 4. The molecule has 1 aromatic rings. The molecule has 2 unspecified atom stereocenters. The second-order valence-corrected chi connectivity index (χ2v) is 6.08. The van der Waals surface area contributed by atoms with E-state index in [1.54, 1.807) is 0 Å². The fourth-order valence-corrected chi connectivity index (χ4v) is 2.79. The molecule has 1 aromatic heterocycles. The maximum atomic E-state index is 12.5. The average molecular weight is 419 g/mol. The number of rotatable bonds is 8. The largest absolute Gasteiger partial charge is 0.398 e. The predicted molar refractivity (Wildman–Crippen MR) is 94.0 cm³/mol. The number of anilines is 1. The summed E-state index contributed by atoms with van der Waals surface area (Å²) < 4.78 is 0. The van der Waals surface area contributed by atoms with Gasteiger partial charge in [-0.05, 0) is 0 Å². The van der Waals surface area contributed by atoms with Crippen molar-refractivity contribution in [2.75, 3.05) is 25.4 Å². The minimum absolute atomic E-state index is 0.0989. The van der Waals surface area contributed by atoms with Crippen molar-refractivity contribution in [1.29, 1.82) is 0 Å². The minimum atomic E-state index is -1.12. The number of nitrogens with zero attached hydrogens (tertiary/aromatic N) is 2. The lowest BCUT2D eigenvalue weighted by molar-refractivity contribution is -0.146. The van der Waals surface area contributed by atoms with Crippen LogP contribution in [0.2, 0.25) is 0 Å². The summed E-state index contributed by atoms with van der Waals surface area (Å²) in [7, 11) is 2.46. The van der Waals surface area contributed by atoms with Crippen LogP contribution in [0.3, 0.4) is 0 Å². The van der Waals surface area contributed by atoms with Crippen LogP contribution < -0.4 is 21.4 Å². The van der Waals surface area contributed by atoms with E-state index in [1.807, 2.05) is 0 Å². The number of hydroxylamine groups is 1. The normalized spacial score (nSPS) is 18.8. The van der Waals surface area contributed by atoms with E-state index in [1.165, 1.54) is 19.6 Å². The van der Waals surface area contributed by atoms with Crippen molar-refractivity contribution in [2.45, 2.75) is 12.1 Å². The van der Waals surface area contributed by atoms with Gasteiger partial charge in [-0.25, -0.2) is 10.5 Å². The average Bonchev–Trinajstić information content (AvgIpc) is 3.09. The molecule has 27 heavy (non-hydrogen) atoms. The zero-order chi connectivity index (χ0) is 20.0. The van der Waals surface area contributed by atoms with E-state index in [0.717, 1.165) is 11.3 Å². The molecule has 146 valence electrons. The van der Waals surface area contributed by atoms with Crippen LogP contribution in [0.25, 0.3) is 0 Å². The number of β-lactam (4-membered cyclic amide) rings is 1. The molecule has 0 radical (unpaired) electrons. The third-order valence-corrected chi connectivity index (χ3v) is 4.20. The molecule has 0 aliphatic carbocycles. The fourth-order valence-electron chi connectivity index (χ4n) is 2.01. The van der Waals surface area contributed by atoms with Gasteiger partial charge < -0.3 is 20.8 Å². The maximum absolute atomic E-state index is 12.5. The van der Waals surface area contributed by atoms with Gasteiger partial charge in [-0.2, -0.15) is 0 Å². The van der Waals surface area contributed by atoms with Gasteiger partial charge in [0.15, 0.2) is 10.8 Å². The summed E-state index contributed by atoms with van der Waals surface area (Å²) in [5.74, 6) is -2.70. The van der Waals surface area contributed by atoms with Gasteiger partial charge in [0.2, 0.25) is 11.8 Å². The van der Waals surface area contributed by atoms with Gasteiger partial charge in [-0.1, -0.05) is 5.16 Å². The number of carbonyl (C=O) groups excluding carboxylic acids is 4. The van der Waals surface area contributed by atoms with E-state index in [0.29, 0.717) is 0 Å². The van der Waals surface area contributed by atoms with Crippen LogP contribution in [0.1, 0.15) is 5.69 Å². The van der Waals surface area contributed by atoms with Gasteiger partial charge in [0.1, 0.15) is 30.8 Å². The van der Waals surface area contributed by atoms with E-state index in [-0.39, 0.29) is 22.4 Å². The molecule has 4 N–H and O–H groups in total.